The van der Waals surface area contributed by atoms with Crippen LogP contribution in [0.3, 0.4) is 0 Å². The molecule has 0 spiro atoms. The Morgan fingerprint density at radius 2 is 2.07 bits per heavy atom. The molecule has 3 N–H and O–H groups in total. The zero-order valence-corrected chi connectivity index (χ0v) is 14.8. The largest absolute Gasteiger partial charge is 0.465 e. The van der Waals surface area contributed by atoms with Crippen molar-refractivity contribution in [2.45, 2.75) is 25.5 Å². The maximum absolute atomic E-state index is 11.0. The van der Waals surface area contributed by atoms with Gasteiger partial charge in [0.15, 0.2) is 0 Å². The summed E-state index contributed by atoms with van der Waals surface area (Å²) < 4.78 is 1.76. The monoisotopic (exact) mass is 368 g/mol. The summed E-state index contributed by atoms with van der Waals surface area (Å²) in [7, 11) is 0. The summed E-state index contributed by atoms with van der Waals surface area (Å²) in [6.07, 6.45) is 2.14. The van der Waals surface area contributed by atoms with Gasteiger partial charge in [-0.2, -0.15) is 0 Å². The van der Waals surface area contributed by atoms with Crippen molar-refractivity contribution in [1.82, 2.24) is 24.5 Å². The highest BCUT2D eigenvalue weighted by molar-refractivity contribution is 5.65. The molecule has 0 saturated carbocycles. The number of amides is 1. The van der Waals surface area contributed by atoms with E-state index in [0.29, 0.717) is 18.9 Å². The van der Waals surface area contributed by atoms with Gasteiger partial charge in [-0.15, -0.1) is 5.10 Å². The average molecular weight is 368 g/mol. The Morgan fingerprint density at radius 3 is 2.78 bits per heavy atom. The van der Waals surface area contributed by atoms with Gasteiger partial charge in [-0.05, 0) is 37.1 Å². The predicted octanol–water partition coefficient (Wildman–Crippen LogP) is 1.62. The Morgan fingerprint density at radius 1 is 1.22 bits per heavy atom. The van der Waals surface area contributed by atoms with Crippen LogP contribution in [0.5, 0.6) is 0 Å². The molecule has 3 aromatic heterocycles. The molecular formula is C18H20N6O3. The molecule has 0 unspecified atom stereocenters. The number of pyridine rings is 1. The summed E-state index contributed by atoms with van der Waals surface area (Å²) in [6, 6.07) is 7.48. The summed E-state index contributed by atoms with van der Waals surface area (Å²) in [5, 5.41) is 26.9. The van der Waals surface area contributed by atoms with Crippen LogP contribution in [0.1, 0.15) is 12.0 Å². The molecule has 1 aliphatic rings. The maximum Gasteiger partial charge on any atom is 0.407 e. The molecule has 0 aromatic carbocycles. The molecule has 140 valence electrons. The minimum absolute atomic E-state index is 0.0668. The van der Waals surface area contributed by atoms with Gasteiger partial charge in [0, 0.05) is 12.7 Å². The lowest BCUT2D eigenvalue weighted by Gasteiger charge is -2.34. The first-order chi connectivity index (χ1) is 13.0. The SMILES string of the molecule is Cc1ccc(-c2ccc3cnc(N[C@@H]4CCN(C(=O)O)C[C@H]4O)nn23)nc1. The van der Waals surface area contributed by atoms with Gasteiger partial charge in [-0.1, -0.05) is 6.07 Å². The number of hydrogen-bond donors (Lipinski definition) is 3. The highest BCUT2D eigenvalue weighted by Gasteiger charge is 2.30. The number of aromatic nitrogens is 4. The van der Waals surface area contributed by atoms with E-state index in [1.807, 2.05) is 37.4 Å². The number of piperidine rings is 1. The number of anilines is 1. The van der Waals surface area contributed by atoms with Crippen molar-refractivity contribution in [3.8, 4) is 11.4 Å². The zero-order chi connectivity index (χ0) is 19.0. The summed E-state index contributed by atoms with van der Waals surface area (Å²) >= 11 is 0. The van der Waals surface area contributed by atoms with Gasteiger partial charge in [-0.3, -0.25) is 4.98 Å². The molecule has 1 aliphatic heterocycles. The number of β-amino-alcohol motifs (C(OH)–C–C–N with tert-alkyl or cyclic N) is 1. The van der Waals surface area contributed by atoms with Gasteiger partial charge in [0.2, 0.25) is 5.95 Å². The number of nitrogens with zero attached hydrogens (tertiary/aromatic N) is 5. The number of carboxylic acid groups (broad SMARTS) is 1. The number of hydrogen-bond acceptors (Lipinski definition) is 6. The van der Waals surface area contributed by atoms with Crippen LogP contribution in [0.25, 0.3) is 16.9 Å². The average Bonchev–Trinajstić information content (AvgIpc) is 3.07. The van der Waals surface area contributed by atoms with E-state index in [0.717, 1.165) is 22.5 Å². The van der Waals surface area contributed by atoms with Gasteiger partial charge < -0.3 is 20.4 Å². The molecule has 1 saturated heterocycles. The van der Waals surface area contributed by atoms with E-state index >= 15 is 0 Å². The number of nitrogens with one attached hydrogen (secondary N) is 1. The third-order valence-corrected chi connectivity index (χ3v) is 4.74. The number of fused-ring (bicyclic) bond motifs is 1. The second-order valence-corrected chi connectivity index (χ2v) is 6.69. The highest BCUT2D eigenvalue weighted by atomic mass is 16.4. The topological polar surface area (TPSA) is 116 Å². The summed E-state index contributed by atoms with van der Waals surface area (Å²) in [5.41, 5.74) is 3.56. The van der Waals surface area contributed by atoms with Crippen LogP contribution in [-0.2, 0) is 0 Å². The molecule has 9 nitrogen and oxygen atoms in total. The smallest absolute Gasteiger partial charge is 0.407 e. The standard InChI is InChI=1S/C18H20N6O3/c1-11-2-4-13(19-8-11)15-5-3-12-9-20-17(22-24(12)15)21-14-6-7-23(18(26)27)10-16(14)25/h2-5,8-9,14,16,25H,6-7,10H2,1H3,(H,21,22)(H,26,27)/t14-,16-/m1/s1. The van der Waals surface area contributed by atoms with Gasteiger partial charge in [0.25, 0.3) is 0 Å². The third-order valence-electron chi connectivity index (χ3n) is 4.74. The second-order valence-electron chi connectivity index (χ2n) is 6.69. The molecule has 2 atom stereocenters. The Kier molecular flexibility index (Phi) is 4.36. The van der Waals surface area contributed by atoms with Gasteiger partial charge >= 0.3 is 6.09 Å². The molecule has 1 fully saturated rings. The minimum Gasteiger partial charge on any atom is -0.465 e. The molecule has 1 amide bonds. The Hall–Kier alpha value is -3.20. The Bertz CT molecular complexity index is 971. The Labute approximate surface area is 155 Å². The van der Waals surface area contributed by atoms with E-state index in [2.05, 4.69) is 20.4 Å². The molecule has 0 radical (unpaired) electrons. The van der Waals surface area contributed by atoms with E-state index in [-0.39, 0.29) is 12.6 Å². The van der Waals surface area contributed by atoms with Crippen LogP contribution in [-0.4, -0.2) is 66.0 Å². The lowest BCUT2D eigenvalue weighted by Crippen LogP contribution is -2.51. The van der Waals surface area contributed by atoms with Crippen LogP contribution in [0.4, 0.5) is 10.7 Å². The van der Waals surface area contributed by atoms with Crippen LogP contribution in [0.2, 0.25) is 0 Å². The lowest BCUT2D eigenvalue weighted by molar-refractivity contribution is 0.0573. The van der Waals surface area contributed by atoms with Gasteiger partial charge in [0.05, 0.1) is 41.8 Å². The van der Waals surface area contributed by atoms with Crippen LogP contribution in [0.15, 0.2) is 36.7 Å². The molecule has 0 aliphatic carbocycles. The van der Waals surface area contributed by atoms with Crippen molar-refractivity contribution in [2.75, 3.05) is 18.4 Å². The van der Waals surface area contributed by atoms with Crippen molar-refractivity contribution >= 4 is 17.6 Å². The van der Waals surface area contributed by atoms with Crippen LogP contribution in [0, 0.1) is 6.92 Å². The zero-order valence-electron chi connectivity index (χ0n) is 14.8. The first kappa shape index (κ1) is 17.2. The van der Waals surface area contributed by atoms with E-state index in [4.69, 9.17) is 5.11 Å². The van der Waals surface area contributed by atoms with Crippen molar-refractivity contribution in [2.24, 2.45) is 0 Å². The number of likely N-dealkylation sites (tertiary alicyclic amines) is 1. The van der Waals surface area contributed by atoms with Crippen molar-refractivity contribution in [3.63, 3.8) is 0 Å². The van der Waals surface area contributed by atoms with Gasteiger partial charge in [0.1, 0.15) is 0 Å². The number of rotatable bonds is 3. The predicted molar refractivity (Wildman–Crippen MR) is 98.6 cm³/mol. The summed E-state index contributed by atoms with van der Waals surface area (Å²) in [6.45, 7) is 2.41. The second kappa shape index (κ2) is 6.84. The number of aliphatic hydroxyl groups excluding tert-OH is 1. The summed E-state index contributed by atoms with van der Waals surface area (Å²) in [4.78, 5) is 21.0. The highest BCUT2D eigenvalue weighted by Crippen LogP contribution is 2.21. The van der Waals surface area contributed by atoms with Crippen molar-refractivity contribution < 1.29 is 15.0 Å². The van der Waals surface area contributed by atoms with Crippen molar-refractivity contribution in [1.29, 1.82) is 0 Å². The molecule has 4 heterocycles. The summed E-state index contributed by atoms with van der Waals surface area (Å²) in [5.74, 6) is 0.375. The fourth-order valence-corrected chi connectivity index (χ4v) is 3.22. The first-order valence-corrected chi connectivity index (χ1v) is 8.71. The normalized spacial score (nSPS) is 20.0. The van der Waals surface area contributed by atoms with Crippen LogP contribution >= 0.6 is 0 Å². The van der Waals surface area contributed by atoms with Gasteiger partial charge in [-0.25, -0.2) is 14.3 Å². The fourth-order valence-electron chi connectivity index (χ4n) is 3.22. The number of aryl methyl sites for hydroxylation is 1. The molecule has 27 heavy (non-hydrogen) atoms. The Balaban J connectivity index is 1.57. The fraction of sp³-hybridized carbons (Fsp3) is 0.333. The number of carbonyl (C=O) groups is 1. The third kappa shape index (κ3) is 3.41. The quantitative estimate of drug-likeness (QED) is 0.643. The molecule has 0 bridgehead atoms. The maximum atomic E-state index is 11.0. The molecule has 9 heteroatoms. The lowest BCUT2D eigenvalue weighted by atomic mass is 10.0. The first-order valence-electron chi connectivity index (χ1n) is 8.71. The molecule has 3 aromatic rings. The van der Waals surface area contributed by atoms with E-state index in [1.54, 1.807) is 10.7 Å². The van der Waals surface area contributed by atoms with E-state index < -0.39 is 12.2 Å². The molecular weight excluding hydrogens is 348 g/mol. The minimum atomic E-state index is -1.02. The van der Waals surface area contributed by atoms with Crippen LogP contribution < -0.4 is 5.32 Å². The van der Waals surface area contributed by atoms with E-state index in [1.165, 1.54) is 4.90 Å². The molecule has 4 rings (SSSR count). The van der Waals surface area contributed by atoms with Crippen molar-refractivity contribution in [3.05, 3.63) is 42.2 Å². The van der Waals surface area contributed by atoms with E-state index in [9.17, 15) is 9.90 Å². The number of aliphatic hydroxyl groups is 1.